The molecule has 0 fully saturated rings. The van der Waals surface area contributed by atoms with Crippen molar-refractivity contribution in [2.45, 2.75) is 19.3 Å². The van der Waals surface area contributed by atoms with E-state index in [4.69, 9.17) is 0 Å². The molecule has 2 aromatic heterocycles. The summed E-state index contributed by atoms with van der Waals surface area (Å²) in [6.45, 7) is 1.78. The molecule has 1 atom stereocenters. The number of nitrogens with one attached hydrogen (secondary N) is 2. The van der Waals surface area contributed by atoms with E-state index in [1.54, 1.807) is 31.7 Å². The van der Waals surface area contributed by atoms with Gasteiger partial charge in [-0.25, -0.2) is 9.37 Å². The predicted octanol–water partition coefficient (Wildman–Crippen LogP) is 2.95. The molecule has 2 heterocycles. The highest BCUT2D eigenvalue weighted by Crippen LogP contribution is 2.29. The summed E-state index contributed by atoms with van der Waals surface area (Å²) >= 11 is 0. The van der Waals surface area contributed by atoms with Crippen LogP contribution in [0, 0.1) is 12.7 Å². The first-order valence-electron chi connectivity index (χ1n) is 6.47. The van der Waals surface area contributed by atoms with Gasteiger partial charge in [0.15, 0.2) is 0 Å². The zero-order valence-corrected chi connectivity index (χ0v) is 11.1. The quantitative estimate of drug-likeness (QED) is 0.765. The van der Waals surface area contributed by atoms with Gasteiger partial charge in [-0.3, -0.25) is 5.10 Å². The molecule has 0 aliphatic heterocycles. The number of aryl methyl sites for hydroxylation is 1. The monoisotopic (exact) mass is 270 g/mol. The van der Waals surface area contributed by atoms with Crippen molar-refractivity contribution >= 4 is 0 Å². The third-order valence-electron chi connectivity index (χ3n) is 3.47. The SMILES string of the molecule is Cc1cccc(C(Cc2ccn[nH]2)c2cnc[nH]2)c1F. The molecule has 0 aliphatic carbocycles. The molecule has 2 N–H and O–H groups in total. The predicted molar refractivity (Wildman–Crippen MR) is 73.9 cm³/mol. The molecule has 0 amide bonds. The van der Waals surface area contributed by atoms with Crippen molar-refractivity contribution < 1.29 is 4.39 Å². The van der Waals surface area contributed by atoms with Crippen molar-refractivity contribution in [2.24, 2.45) is 0 Å². The van der Waals surface area contributed by atoms with Crippen molar-refractivity contribution in [1.29, 1.82) is 0 Å². The normalized spacial score (nSPS) is 12.5. The Kier molecular flexibility index (Phi) is 3.33. The van der Waals surface area contributed by atoms with Crippen molar-refractivity contribution in [3.8, 4) is 0 Å². The zero-order chi connectivity index (χ0) is 13.9. The molecule has 5 heteroatoms. The maximum absolute atomic E-state index is 14.4. The molecule has 0 saturated carbocycles. The molecular weight excluding hydrogens is 255 g/mol. The number of imidazole rings is 1. The third-order valence-corrected chi connectivity index (χ3v) is 3.47. The minimum atomic E-state index is -0.161. The molecule has 3 rings (SSSR count). The second kappa shape index (κ2) is 5.28. The summed E-state index contributed by atoms with van der Waals surface area (Å²) in [7, 11) is 0. The summed E-state index contributed by atoms with van der Waals surface area (Å²) in [6, 6.07) is 7.38. The molecule has 0 bridgehead atoms. The van der Waals surface area contributed by atoms with E-state index in [1.165, 1.54) is 0 Å². The molecule has 20 heavy (non-hydrogen) atoms. The van der Waals surface area contributed by atoms with E-state index >= 15 is 0 Å². The average Bonchev–Trinajstić information content (AvgIpc) is 3.11. The zero-order valence-electron chi connectivity index (χ0n) is 11.1. The van der Waals surface area contributed by atoms with Gasteiger partial charge in [0, 0.05) is 36.1 Å². The van der Waals surface area contributed by atoms with E-state index in [0.717, 1.165) is 11.4 Å². The molecule has 4 nitrogen and oxygen atoms in total. The first-order chi connectivity index (χ1) is 9.75. The van der Waals surface area contributed by atoms with Crippen LogP contribution in [-0.2, 0) is 6.42 Å². The Morgan fingerprint density at radius 1 is 1.30 bits per heavy atom. The van der Waals surface area contributed by atoms with Crippen LogP contribution in [0.25, 0.3) is 0 Å². The molecule has 0 radical (unpaired) electrons. The highest BCUT2D eigenvalue weighted by molar-refractivity contribution is 5.34. The minimum absolute atomic E-state index is 0.113. The number of benzene rings is 1. The largest absolute Gasteiger partial charge is 0.348 e. The van der Waals surface area contributed by atoms with Crippen LogP contribution < -0.4 is 0 Å². The van der Waals surface area contributed by atoms with Crippen LogP contribution in [0.1, 0.15) is 28.4 Å². The van der Waals surface area contributed by atoms with Crippen LogP contribution in [0.5, 0.6) is 0 Å². The molecule has 0 saturated heterocycles. The fourth-order valence-corrected chi connectivity index (χ4v) is 2.40. The Bertz CT molecular complexity index is 674. The van der Waals surface area contributed by atoms with Crippen LogP contribution in [0.15, 0.2) is 43.0 Å². The fraction of sp³-hybridized carbons (Fsp3) is 0.200. The second-order valence-corrected chi connectivity index (χ2v) is 4.82. The first kappa shape index (κ1) is 12.6. The average molecular weight is 270 g/mol. The number of nitrogens with zero attached hydrogens (tertiary/aromatic N) is 2. The molecule has 1 aromatic carbocycles. The van der Waals surface area contributed by atoms with Crippen LogP contribution in [0.2, 0.25) is 0 Å². The van der Waals surface area contributed by atoms with Crippen molar-refractivity contribution in [3.05, 3.63) is 71.3 Å². The van der Waals surface area contributed by atoms with Gasteiger partial charge >= 0.3 is 0 Å². The first-order valence-corrected chi connectivity index (χ1v) is 6.47. The Hall–Kier alpha value is -2.43. The van der Waals surface area contributed by atoms with Crippen molar-refractivity contribution in [1.82, 2.24) is 20.2 Å². The molecule has 0 aliphatic rings. The highest BCUT2D eigenvalue weighted by Gasteiger charge is 2.21. The van der Waals surface area contributed by atoms with Gasteiger partial charge in [-0.15, -0.1) is 0 Å². The van der Waals surface area contributed by atoms with Gasteiger partial charge in [0.1, 0.15) is 5.82 Å². The maximum atomic E-state index is 14.4. The maximum Gasteiger partial charge on any atom is 0.129 e. The lowest BCUT2D eigenvalue weighted by Crippen LogP contribution is -2.09. The Morgan fingerprint density at radius 2 is 2.20 bits per heavy atom. The van der Waals surface area contributed by atoms with E-state index in [0.29, 0.717) is 17.5 Å². The Labute approximate surface area is 116 Å². The third kappa shape index (κ3) is 2.34. The molecule has 3 aromatic rings. The summed E-state index contributed by atoms with van der Waals surface area (Å²) in [5.74, 6) is -0.274. The lowest BCUT2D eigenvalue weighted by molar-refractivity contribution is 0.583. The van der Waals surface area contributed by atoms with Crippen LogP contribution >= 0.6 is 0 Å². The second-order valence-electron chi connectivity index (χ2n) is 4.82. The van der Waals surface area contributed by atoms with Crippen molar-refractivity contribution in [3.63, 3.8) is 0 Å². The standard InChI is InChI=1S/C15H15FN4/c1-10-3-2-4-12(15(10)16)13(14-8-17-9-18-14)7-11-5-6-19-20-11/h2-6,8-9,13H,7H2,1H3,(H,17,18)(H,19,20). The van der Waals surface area contributed by atoms with E-state index in [9.17, 15) is 4.39 Å². The highest BCUT2D eigenvalue weighted by atomic mass is 19.1. The van der Waals surface area contributed by atoms with Gasteiger partial charge in [-0.2, -0.15) is 5.10 Å². The summed E-state index contributed by atoms with van der Waals surface area (Å²) in [4.78, 5) is 7.13. The summed E-state index contributed by atoms with van der Waals surface area (Å²) in [6.07, 6.45) is 5.69. The topological polar surface area (TPSA) is 57.4 Å². The van der Waals surface area contributed by atoms with Gasteiger partial charge in [-0.05, 0) is 24.1 Å². The van der Waals surface area contributed by atoms with E-state index in [-0.39, 0.29) is 11.7 Å². The van der Waals surface area contributed by atoms with Gasteiger partial charge < -0.3 is 4.98 Å². The lowest BCUT2D eigenvalue weighted by atomic mass is 9.90. The number of hydrogen-bond acceptors (Lipinski definition) is 2. The number of aromatic amines is 2. The number of aromatic nitrogens is 4. The van der Waals surface area contributed by atoms with Crippen LogP contribution in [0.3, 0.4) is 0 Å². The van der Waals surface area contributed by atoms with E-state index < -0.39 is 0 Å². The van der Waals surface area contributed by atoms with Crippen molar-refractivity contribution in [2.75, 3.05) is 0 Å². The molecular formula is C15H15FN4. The van der Waals surface area contributed by atoms with Gasteiger partial charge in [0.2, 0.25) is 0 Å². The summed E-state index contributed by atoms with van der Waals surface area (Å²) in [5, 5.41) is 6.87. The Morgan fingerprint density at radius 3 is 2.90 bits per heavy atom. The van der Waals surface area contributed by atoms with Gasteiger partial charge in [-0.1, -0.05) is 18.2 Å². The van der Waals surface area contributed by atoms with Gasteiger partial charge in [0.25, 0.3) is 0 Å². The molecule has 1 unspecified atom stereocenters. The van der Waals surface area contributed by atoms with E-state index in [2.05, 4.69) is 20.2 Å². The van der Waals surface area contributed by atoms with Crippen LogP contribution in [-0.4, -0.2) is 20.2 Å². The summed E-state index contributed by atoms with van der Waals surface area (Å²) in [5.41, 5.74) is 3.18. The molecule has 102 valence electrons. The van der Waals surface area contributed by atoms with Crippen LogP contribution in [0.4, 0.5) is 4.39 Å². The lowest BCUT2D eigenvalue weighted by Gasteiger charge is -2.16. The number of rotatable bonds is 4. The molecule has 0 spiro atoms. The summed E-state index contributed by atoms with van der Waals surface area (Å²) < 4.78 is 14.4. The minimum Gasteiger partial charge on any atom is -0.348 e. The smallest absolute Gasteiger partial charge is 0.129 e. The van der Waals surface area contributed by atoms with E-state index in [1.807, 2.05) is 18.2 Å². The number of halogens is 1. The number of H-pyrrole nitrogens is 2. The fourth-order valence-electron chi connectivity index (χ4n) is 2.40. The Balaban J connectivity index is 2.03. The number of hydrogen-bond donors (Lipinski definition) is 2. The van der Waals surface area contributed by atoms with Gasteiger partial charge in [0.05, 0.1) is 6.33 Å².